The van der Waals surface area contributed by atoms with E-state index >= 15 is 0 Å². The Bertz CT molecular complexity index is 451. The van der Waals surface area contributed by atoms with Crippen LogP contribution in [0.5, 0.6) is 5.75 Å². The van der Waals surface area contributed by atoms with E-state index in [0.717, 1.165) is 5.56 Å². The number of carbonyl (C=O) groups is 1. The van der Waals surface area contributed by atoms with Gasteiger partial charge in [0.2, 0.25) is 5.91 Å². The first kappa shape index (κ1) is 16.0. The summed E-state index contributed by atoms with van der Waals surface area (Å²) in [4.78, 5) is 11.7. The van der Waals surface area contributed by atoms with E-state index in [1.165, 1.54) is 0 Å². The molecule has 0 aliphatic rings. The molecule has 0 bridgehead atoms. The maximum absolute atomic E-state index is 11.7. The molecule has 0 saturated heterocycles. The van der Waals surface area contributed by atoms with Crippen molar-refractivity contribution in [2.24, 2.45) is 5.92 Å². The van der Waals surface area contributed by atoms with Gasteiger partial charge in [-0.1, -0.05) is 19.1 Å². The summed E-state index contributed by atoms with van der Waals surface area (Å²) in [5.74, 6) is 0.846. The quantitative estimate of drug-likeness (QED) is 0.749. The van der Waals surface area contributed by atoms with Crippen LogP contribution in [-0.2, 0) is 11.2 Å². The van der Waals surface area contributed by atoms with Crippen LogP contribution < -0.4 is 10.1 Å². The lowest BCUT2D eigenvalue weighted by atomic mass is 10.1. The van der Waals surface area contributed by atoms with E-state index in [0.29, 0.717) is 25.1 Å². The third-order valence-corrected chi connectivity index (χ3v) is 2.86. The van der Waals surface area contributed by atoms with Crippen LogP contribution in [0.4, 0.5) is 0 Å². The molecule has 1 unspecified atom stereocenters. The zero-order chi connectivity index (χ0) is 14.8. The van der Waals surface area contributed by atoms with Gasteiger partial charge >= 0.3 is 0 Å². The molecular weight excluding hydrogens is 256 g/mol. The Labute approximate surface area is 119 Å². The molecule has 0 radical (unpaired) electrons. The summed E-state index contributed by atoms with van der Waals surface area (Å²) in [6.07, 6.45) is 0.996. The standard InChI is InChI=1S/C15H20N2O3/c1-12(6-8-18)11-17-15(19)10-13-2-4-14(5-3-13)20-9-7-16/h2-5,12,18H,6,8-11H2,1H3,(H,17,19). The molecule has 0 aromatic heterocycles. The molecule has 0 heterocycles. The van der Waals surface area contributed by atoms with Crippen molar-refractivity contribution < 1.29 is 14.6 Å². The molecule has 0 aliphatic heterocycles. The lowest BCUT2D eigenvalue weighted by Crippen LogP contribution is -2.29. The first-order valence-corrected chi connectivity index (χ1v) is 6.62. The van der Waals surface area contributed by atoms with Crippen LogP contribution in [0.25, 0.3) is 0 Å². The zero-order valence-corrected chi connectivity index (χ0v) is 11.6. The molecule has 1 aromatic rings. The summed E-state index contributed by atoms with van der Waals surface area (Å²) >= 11 is 0. The highest BCUT2D eigenvalue weighted by molar-refractivity contribution is 5.78. The van der Waals surface area contributed by atoms with Crippen molar-refractivity contribution in [2.45, 2.75) is 19.8 Å². The second kappa shape index (κ2) is 8.94. The Morgan fingerprint density at radius 2 is 2.15 bits per heavy atom. The summed E-state index contributed by atoms with van der Waals surface area (Å²) in [5.41, 5.74) is 0.890. The average molecular weight is 276 g/mol. The van der Waals surface area contributed by atoms with E-state index in [1.807, 2.05) is 25.1 Å². The van der Waals surface area contributed by atoms with Crippen LogP contribution in [0.3, 0.4) is 0 Å². The first-order valence-electron chi connectivity index (χ1n) is 6.62. The number of aliphatic hydroxyl groups excluding tert-OH is 1. The van der Waals surface area contributed by atoms with Gasteiger partial charge in [-0.15, -0.1) is 0 Å². The third kappa shape index (κ3) is 6.21. The second-order valence-electron chi connectivity index (χ2n) is 4.69. The predicted molar refractivity (Wildman–Crippen MR) is 75.1 cm³/mol. The zero-order valence-electron chi connectivity index (χ0n) is 11.6. The lowest BCUT2D eigenvalue weighted by Gasteiger charge is -2.11. The van der Waals surface area contributed by atoms with E-state index in [9.17, 15) is 4.79 Å². The number of nitrogens with zero attached hydrogens (tertiary/aromatic N) is 1. The number of benzene rings is 1. The number of aliphatic hydroxyl groups is 1. The van der Waals surface area contributed by atoms with Crippen LogP contribution in [0.2, 0.25) is 0 Å². The summed E-state index contributed by atoms with van der Waals surface area (Å²) in [5, 5.41) is 20.0. The lowest BCUT2D eigenvalue weighted by molar-refractivity contribution is -0.120. The highest BCUT2D eigenvalue weighted by atomic mass is 16.5. The van der Waals surface area contributed by atoms with Crippen molar-refractivity contribution in [2.75, 3.05) is 19.8 Å². The molecule has 1 rings (SSSR count). The van der Waals surface area contributed by atoms with Crippen LogP contribution in [0.1, 0.15) is 18.9 Å². The molecule has 0 fully saturated rings. The molecule has 2 N–H and O–H groups in total. The highest BCUT2D eigenvalue weighted by Gasteiger charge is 2.06. The van der Waals surface area contributed by atoms with Crippen LogP contribution in [0.15, 0.2) is 24.3 Å². The maximum atomic E-state index is 11.7. The van der Waals surface area contributed by atoms with Crippen molar-refractivity contribution in [3.8, 4) is 11.8 Å². The van der Waals surface area contributed by atoms with Crippen molar-refractivity contribution in [1.29, 1.82) is 5.26 Å². The molecule has 0 aliphatic carbocycles. The SMILES string of the molecule is CC(CCO)CNC(=O)Cc1ccc(OCC#N)cc1. The largest absolute Gasteiger partial charge is 0.479 e. The fraction of sp³-hybridized carbons (Fsp3) is 0.467. The van der Waals surface area contributed by atoms with Crippen LogP contribution in [-0.4, -0.2) is 30.8 Å². The predicted octanol–water partition coefficient (Wildman–Crippen LogP) is 1.27. The van der Waals surface area contributed by atoms with Crippen molar-refractivity contribution in [3.05, 3.63) is 29.8 Å². The molecule has 1 amide bonds. The summed E-state index contributed by atoms with van der Waals surface area (Å²) in [6.45, 7) is 2.71. The Hall–Kier alpha value is -2.06. The number of ether oxygens (including phenoxy) is 1. The topological polar surface area (TPSA) is 82.3 Å². The van der Waals surface area contributed by atoms with E-state index in [4.69, 9.17) is 15.1 Å². The van der Waals surface area contributed by atoms with Crippen molar-refractivity contribution >= 4 is 5.91 Å². The van der Waals surface area contributed by atoms with E-state index in [1.54, 1.807) is 12.1 Å². The number of nitriles is 1. The normalized spacial score (nSPS) is 11.4. The van der Waals surface area contributed by atoms with E-state index < -0.39 is 0 Å². The average Bonchev–Trinajstić information content (AvgIpc) is 2.45. The van der Waals surface area contributed by atoms with Gasteiger partial charge in [0.05, 0.1) is 6.42 Å². The molecule has 5 nitrogen and oxygen atoms in total. The van der Waals surface area contributed by atoms with Gasteiger partial charge in [0.1, 0.15) is 11.8 Å². The van der Waals surface area contributed by atoms with Gasteiger partial charge in [-0.25, -0.2) is 0 Å². The molecular formula is C15H20N2O3. The van der Waals surface area contributed by atoms with Gasteiger partial charge in [0.15, 0.2) is 6.61 Å². The van der Waals surface area contributed by atoms with Gasteiger partial charge in [-0.05, 0) is 30.0 Å². The molecule has 108 valence electrons. The maximum Gasteiger partial charge on any atom is 0.224 e. The van der Waals surface area contributed by atoms with E-state index in [2.05, 4.69) is 5.32 Å². The van der Waals surface area contributed by atoms with Crippen molar-refractivity contribution in [1.82, 2.24) is 5.32 Å². The minimum atomic E-state index is -0.0412. The molecule has 5 heteroatoms. The van der Waals surface area contributed by atoms with Gasteiger partial charge in [-0.2, -0.15) is 5.26 Å². The molecule has 1 aromatic carbocycles. The minimum Gasteiger partial charge on any atom is -0.479 e. The van der Waals surface area contributed by atoms with E-state index in [-0.39, 0.29) is 25.0 Å². The molecule has 0 saturated carbocycles. The summed E-state index contributed by atoms with van der Waals surface area (Å²) in [6, 6.07) is 9.00. The number of amides is 1. The smallest absolute Gasteiger partial charge is 0.224 e. The Morgan fingerprint density at radius 1 is 1.45 bits per heavy atom. The van der Waals surface area contributed by atoms with Gasteiger partial charge in [0.25, 0.3) is 0 Å². The van der Waals surface area contributed by atoms with Crippen LogP contribution in [0, 0.1) is 17.2 Å². The number of nitrogens with one attached hydrogen (secondary N) is 1. The Kier molecular flexibility index (Phi) is 7.15. The molecule has 20 heavy (non-hydrogen) atoms. The monoisotopic (exact) mass is 276 g/mol. The van der Waals surface area contributed by atoms with Crippen LogP contribution >= 0.6 is 0 Å². The number of hydrogen-bond acceptors (Lipinski definition) is 4. The minimum absolute atomic E-state index is 0.0164. The van der Waals surface area contributed by atoms with Gasteiger partial charge < -0.3 is 15.2 Å². The molecule has 1 atom stereocenters. The number of carbonyl (C=O) groups excluding carboxylic acids is 1. The summed E-state index contributed by atoms with van der Waals surface area (Å²) < 4.78 is 5.14. The van der Waals surface area contributed by atoms with Gasteiger partial charge in [-0.3, -0.25) is 4.79 Å². The first-order chi connectivity index (χ1) is 9.65. The highest BCUT2D eigenvalue weighted by Crippen LogP contribution is 2.12. The Balaban J connectivity index is 2.36. The van der Waals surface area contributed by atoms with Crippen molar-refractivity contribution in [3.63, 3.8) is 0 Å². The fourth-order valence-electron chi connectivity index (χ4n) is 1.68. The Morgan fingerprint density at radius 3 is 2.75 bits per heavy atom. The number of hydrogen-bond donors (Lipinski definition) is 2. The summed E-state index contributed by atoms with van der Waals surface area (Å²) in [7, 11) is 0. The molecule has 0 spiro atoms. The van der Waals surface area contributed by atoms with Gasteiger partial charge in [0, 0.05) is 13.2 Å². The fourth-order valence-corrected chi connectivity index (χ4v) is 1.68. The third-order valence-electron chi connectivity index (χ3n) is 2.86. The number of rotatable bonds is 8. The second-order valence-corrected chi connectivity index (χ2v) is 4.69.